The highest BCUT2D eigenvalue weighted by Gasteiger charge is 2.27. The largest absolute Gasteiger partial charge is 0.348 e. The number of nitrogens with zero attached hydrogens (tertiary/aromatic N) is 3. The van der Waals surface area contributed by atoms with Crippen LogP contribution in [0.5, 0.6) is 0 Å². The molecule has 0 amide bonds. The van der Waals surface area contributed by atoms with E-state index in [1.165, 1.54) is 11.1 Å². The zero-order valence-electron chi connectivity index (χ0n) is 10.9. The fraction of sp³-hybridized carbons (Fsp3) is 0.333. The van der Waals surface area contributed by atoms with Crippen molar-refractivity contribution < 1.29 is 0 Å². The molecule has 98 valence electrons. The van der Waals surface area contributed by atoms with Crippen LogP contribution in [-0.2, 0) is 6.42 Å². The molecule has 1 atom stereocenters. The third-order valence-corrected chi connectivity index (χ3v) is 3.99. The molecule has 1 aliphatic rings. The minimum absolute atomic E-state index is 0.345. The fourth-order valence-corrected chi connectivity index (χ4v) is 3.08. The lowest BCUT2D eigenvalue weighted by Crippen LogP contribution is -2.36. The summed E-state index contributed by atoms with van der Waals surface area (Å²) in [7, 11) is 0. The Balaban J connectivity index is 2.03. The first-order valence-electron chi connectivity index (χ1n) is 6.61. The Bertz CT molecular complexity index is 585. The van der Waals surface area contributed by atoms with Crippen molar-refractivity contribution in [1.29, 1.82) is 0 Å². The van der Waals surface area contributed by atoms with E-state index in [2.05, 4.69) is 46.1 Å². The Kier molecular flexibility index (Phi) is 3.38. The van der Waals surface area contributed by atoms with E-state index in [1.54, 1.807) is 12.5 Å². The maximum absolute atomic E-state index is 6.24. The molecule has 1 aliphatic heterocycles. The molecule has 0 saturated heterocycles. The lowest BCUT2D eigenvalue weighted by Gasteiger charge is -2.38. The van der Waals surface area contributed by atoms with Gasteiger partial charge in [0.2, 0.25) is 0 Å². The van der Waals surface area contributed by atoms with E-state index in [0.29, 0.717) is 11.1 Å². The standard InChI is InChI=1S/C15H16ClN3/c1-2-14-12-6-4-3-5-11(12)7-8-19(14)15-13(16)9-17-10-18-15/h3-6,9-10,14H,2,7-8H2,1H3. The molecule has 0 spiro atoms. The maximum Gasteiger partial charge on any atom is 0.151 e. The molecule has 4 heteroatoms. The van der Waals surface area contributed by atoms with Crippen molar-refractivity contribution in [2.24, 2.45) is 0 Å². The van der Waals surface area contributed by atoms with Gasteiger partial charge in [0.15, 0.2) is 5.82 Å². The van der Waals surface area contributed by atoms with Crippen LogP contribution in [0.15, 0.2) is 36.8 Å². The monoisotopic (exact) mass is 273 g/mol. The van der Waals surface area contributed by atoms with E-state index >= 15 is 0 Å². The van der Waals surface area contributed by atoms with E-state index in [1.807, 2.05) is 0 Å². The van der Waals surface area contributed by atoms with Gasteiger partial charge in [-0.2, -0.15) is 0 Å². The molecule has 19 heavy (non-hydrogen) atoms. The van der Waals surface area contributed by atoms with Crippen molar-refractivity contribution in [3.63, 3.8) is 0 Å². The molecule has 3 nitrogen and oxygen atoms in total. The molecular weight excluding hydrogens is 258 g/mol. The van der Waals surface area contributed by atoms with Crippen LogP contribution < -0.4 is 4.90 Å². The highest BCUT2D eigenvalue weighted by molar-refractivity contribution is 6.32. The average molecular weight is 274 g/mol. The summed E-state index contributed by atoms with van der Waals surface area (Å²) in [6, 6.07) is 8.99. The fourth-order valence-electron chi connectivity index (χ4n) is 2.86. The van der Waals surface area contributed by atoms with Crippen molar-refractivity contribution in [3.8, 4) is 0 Å². The van der Waals surface area contributed by atoms with E-state index in [9.17, 15) is 0 Å². The molecule has 1 aromatic heterocycles. The van der Waals surface area contributed by atoms with E-state index in [0.717, 1.165) is 25.2 Å². The summed E-state index contributed by atoms with van der Waals surface area (Å²) in [4.78, 5) is 10.6. The quantitative estimate of drug-likeness (QED) is 0.836. The number of hydrogen-bond donors (Lipinski definition) is 0. The van der Waals surface area contributed by atoms with E-state index < -0.39 is 0 Å². The SMILES string of the molecule is CCC1c2ccccc2CCN1c1ncncc1Cl. The highest BCUT2D eigenvalue weighted by atomic mass is 35.5. The van der Waals surface area contributed by atoms with Crippen LogP contribution in [0, 0.1) is 0 Å². The summed E-state index contributed by atoms with van der Waals surface area (Å²) < 4.78 is 0. The summed E-state index contributed by atoms with van der Waals surface area (Å²) in [5.74, 6) is 0.845. The highest BCUT2D eigenvalue weighted by Crippen LogP contribution is 2.36. The van der Waals surface area contributed by atoms with Crippen molar-refractivity contribution in [2.75, 3.05) is 11.4 Å². The predicted molar refractivity (Wildman–Crippen MR) is 77.6 cm³/mol. The summed E-state index contributed by atoms with van der Waals surface area (Å²) in [5.41, 5.74) is 2.83. The number of hydrogen-bond acceptors (Lipinski definition) is 3. The molecule has 1 unspecified atom stereocenters. The van der Waals surface area contributed by atoms with E-state index in [-0.39, 0.29) is 0 Å². The number of anilines is 1. The van der Waals surface area contributed by atoms with Gasteiger partial charge in [-0.05, 0) is 24.0 Å². The van der Waals surface area contributed by atoms with Gasteiger partial charge in [0, 0.05) is 6.54 Å². The van der Waals surface area contributed by atoms with Crippen LogP contribution in [0.4, 0.5) is 5.82 Å². The molecule has 2 heterocycles. The van der Waals surface area contributed by atoms with Crippen LogP contribution in [0.1, 0.15) is 30.5 Å². The molecule has 0 saturated carbocycles. The molecule has 0 radical (unpaired) electrons. The van der Waals surface area contributed by atoms with Gasteiger partial charge in [-0.25, -0.2) is 9.97 Å². The van der Waals surface area contributed by atoms with Gasteiger partial charge in [0.25, 0.3) is 0 Å². The number of aromatic nitrogens is 2. The molecule has 1 aromatic carbocycles. The zero-order chi connectivity index (χ0) is 13.2. The first-order chi connectivity index (χ1) is 9.31. The van der Waals surface area contributed by atoms with Gasteiger partial charge in [-0.3, -0.25) is 0 Å². The summed E-state index contributed by atoms with van der Waals surface area (Å²) >= 11 is 6.24. The molecule has 0 aliphatic carbocycles. The number of rotatable bonds is 2. The molecule has 2 aromatic rings. The van der Waals surface area contributed by atoms with Gasteiger partial charge in [0.05, 0.1) is 12.2 Å². The number of halogens is 1. The second kappa shape index (κ2) is 5.17. The molecule has 0 fully saturated rings. The van der Waals surface area contributed by atoms with E-state index in [4.69, 9.17) is 11.6 Å². The van der Waals surface area contributed by atoms with Crippen LogP contribution in [0.3, 0.4) is 0 Å². The Morgan fingerprint density at radius 1 is 1.37 bits per heavy atom. The molecule has 0 N–H and O–H groups in total. The van der Waals surface area contributed by atoms with Gasteiger partial charge < -0.3 is 4.90 Å². The lowest BCUT2D eigenvalue weighted by atomic mass is 9.91. The first kappa shape index (κ1) is 12.4. The minimum atomic E-state index is 0.345. The van der Waals surface area contributed by atoms with Crippen LogP contribution in [-0.4, -0.2) is 16.5 Å². The zero-order valence-corrected chi connectivity index (χ0v) is 11.6. The second-order valence-electron chi connectivity index (χ2n) is 4.76. The van der Waals surface area contributed by atoms with Gasteiger partial charge in [-0.1, -0.05) is 42.8 Å². The van der Waals surface area contributed by atoms with Crippen LogP contribution >= 0.6 is 11.6 Å². The molecular formula is C15H16ClN3. The lowest BCUT2D eigenvalue weighted by molar-refractivity contribution is 0.561. The molecule has 3 rings (SSSR count). The van der Waals surface area contributed by atoms with Crippen LogP contribution in [0.25, 0.3) is 0 Å². The van der Waals surface area contributed by atoms with Crippen molar-refractivity contribution in [1.82, 2.24) is 9.97 Å². The third kappa shape index (κ3) is 2.19. The Morgan fingerprint density at radius 2 is 2.21 bits per heavy atom. The second-order valence-corrected chi connectivity index (χ2v) is 5.17. The van der Waals surface area contributed by atoms with Gasteiger partial charge >= 0.3 is 0 Å². The Labute approximate surface area is 118 Å². The van der Waals surface area contributed by atoms with Crippen molar-refractivity contribution >= 4 is 17.4 Å². The summed E-state index contributed by atoms with van der Waals surface area (Å²) in [5, 5.41) is 0.625. The summed E-state index contributed by atoms with van der Waals surface area (Å²) in [6.07, 6.45) is 5.30. The Hall–Kier alpha value is -1.61. The smallest absolute Gasteiger partial charge is 0.151 e. The van der Waals surface area contributed by atoms with Gasteiger partial charge in [0.1, 0.15) is 11.3 Å². The maximum atomic E-state index is 6.24. The molecule has 0 bridgehead atoms. The topological polar surface area (TPSA) is 29.0 Å². The minimum Gasteiger partial charge on any atom is -0.348 e. The first-order valence-corrected chi connectivity index (χ1v) is 6.99. The van der Waals surface area contributed by atoms with Crippen LogP contribution in [0.2, 0.25) is 5.02 Å². The number of fused-ring (bicyclic) bond motifs is 1. The third-order valence-electron chi connectivity index (χ3n) is 3.72. The normalized spacial score (nSPS) is 18.2. The Morgan fingerprint density at radius 3 is 3.00 bits per heavy atom. The average Bonchev–Trinajstić information content (AvgIpc) is 2.46. The van der Waals surface area contributed by atoms with Crippen molar-refractivity contribution in [2.45, 2.75) is 25.8 Å². The van der Waals surface area contributed by atoms with Crippen molar-refractivity contribution in [3.05, 3.63) is 52.9 Å². The predicted octanol–water partition coefficient (Wildman–Crippen LogP) is 3.64. The number of benzene rings is 1. The van der Waals surface area contributed by atoms with Gasteiger partial charge in [-0.15, -0.1) is 0 Å². The summed E-state index contributed by atoms with van der Waals surface area (Å²) in [6.45, 7) is 3.15.